The highest BCUT2D eigenvalue weighted by Gasteiger charge is 2.52. The van der Waals surface area contributed by atoms with Crippen LogP contribution in [0.5, 0.6) is 0 Å². The van der Waals surface area contributed by atoms with Crippen molar-refractivity contribution in [3.05, 3.63) is 11.6 Å². The first kappa shape index (κ1) is 21.4. The Morgan fingerprint density at radius 2 is 2.00 bits per heavy atom. The molecule has 3 aliphatic carbocycles. The Balaban J connectivity index is 1.67. The fraction of sp³-hybridized carbons (Fsp3) is 0.792. The van der Waals surface area contributed by atoms with Crippen LogP contribution in [-0.2, 0) is 4.79 Å². The Morgan fingerprint density at radius 1 is 1.25 bits per heavy atom. The summed E-state index contributed by atoms with van der Waals surface area (Å²) in [5.41, 5.74) is 1.40. The Bertz CT molecular complexity index is 622. The van der Waals surface area contributed by atoms with Crippen molar-refractivity contribution in [2.24, 2.45) is 29.6 Å². The summed E-state index contributed by atoms with van der Waals surface area (Å²) in [7, 11) is 0. The molecule has 3 fully saturated rings. The SMILES string of the molecule is CCCC1C(=CCCC(=O)O)[C@@H]2CC[C@H](O)[C@@H](C#CC(O)CC3CCCC3)[C@H]12. The number of carboxylic acids is 1. The van der Waals surface area contributed by atoms with Crippen LogP contribution in [0, 0.1) is 41.4 Å². The normalized spacial score (nSPS) is 35.0. The van der Waals surface area contributed by atoms with E-state index in [0.29, 0.717) is 30.1 Å². The van der Waals surface area contributed by atoms with E-state index in [1.165, 1.54) is 31.3 Å². The maximum absolute atomic E-state index is 10.8. The molecule has 0 amide bonds. The molecular formula is C24H36O4. The molecule has 4 nitrogen and oxygen atoms in total. The average Bonchev–Trinajstić information content (AvgIpc) is 3.15. The monoisotopic (exact) mass is 388 g/mol. The highest BCUT2D eigenvalue weighted by molar-refractivity contribution is 5.66. The molecule has 0 aromatic rings. The van der Waals surface area contributed by atoms with Gasteiger partial charge in [-0.1, -0.05) is 62.5 Å². The molecule has 28 heavy (non-hydrogen) atoms. The fourth-order valence-corrected chi connectivity index (χ4v) is 5.87. The lowest BCUT2D eigenvalue weighted by Gasteiger charge is -2.55. The van der Waals surface area contributed by atoms with Gasteiger partial charge in [0.15, 0.2) is 0 Å². The number of carbonyl (C=O) groups is 1. The van der Waals surface area contributed by atoms with Crippen LogP contribution >= 0.6 is 0 Å². The molecule has 0 heterocycles. The minimum Gasteiger partial charge on any atom is -0.481 e. The molecule has 2 unspecified atom stereocenters. The van der Waals surface area contributed by atoms with E-state index < -0.39 is 18.2 Å². The second kappa shape index (κ2) is 9.94. The van der Waals surface area contributed by atoms with Crippen molar-refractivity contribution in [1.82, 2.24) is 0 Å². The van der Waals surface area contributed by atoms with Gasteiger partial charge in [0.05, 0.1) is 12.0 Å². The molecule has 0 aliphatic heterocycles. The van der Waals surface area contributed by atoms with Gasteiger partial charge in [-0.2, -0.15) is 0 Å². The summed E-state index contributed by atoms with van der Waals surface area (Å²) < 4.78 is 0. The average molecular weight is 389 g/mol. The molecule has 4 heteroatoms. The molecule has 0 spiro atoms. The minimum atomic E-state index is -0.751. The molecule has 6 atom stereocenters. The Hall–Kier alpha value is -1.31. The van der Waals surface area contributed by atoms with Crippen LogP contribution in [0.3, 0.4) is 0 Å². The molecule has 0 aromatic heterocycles. The van der Waals surface area contributed by atoms with E-state index in [4.69, 9.17) is 5.11 Å². The lowest BCUT2D eigenvalue weighted by Crippen LogP contribution is -2.51. The van der Waals surface area contributed by atoms with Crippen molar-refractivity contribution >= 4 is 5.97 Å². The number of rotatable bonds is 7. The fourth-order valence-electron chi connectivity index (χ4n) is 5.87. The molecule has 3 aliphatic rings. The van der Waals surface area contributed by atoms with E-state index in [1.807, 2.05) is 0 Å². The number of hydrogen-bond acceptors (Lipinski definition) is 3. The number of hydrogen-bond donors (Lipinski definition) is 3. The van der Waals surface area contributed by atoms with Crippen LogP contribution in [0.2, 0.25) is 0 Å². The molecule has 0 radical (unpaired) electrons. The van der Waals surface area contributed by atoms with Crippen molar-refractivity contribution in [2.45, 2.75) is 89.8 Å². The number of aliphatic hydroxyl groups is 2. The number of aliphatic carboxylic acids is 1. The number of carboxylic acid groups (broad SMARTS) is 1. The number of fused-ring (bicyclic) bond motifs is 1. The second-order valence-corrected chi connectivity index (χ2v) is 9.08. The van der Waals surface area contributed by atoms with E-state index >= 15 is 0 Å². The zero-order valence-corrected chi connectivity index (χ0v) is 17.1. The summed E-state index contributed by atoms with van der Waals surface area (Å²) in [6.07, 6.45) is 11.5. The zero-order valence-electron chi connectivity index (χ0n) is 17.1. The summed E-state index contributed by atoms with van der Waals surface area (Å²) >= 11 is 0. The van der Waals surface area contributed by atoms with Gasteiger partial charge in [0.25, 0.3) is 0 Å². The lowest BCUT2D eigenvalue weighted by molar-refractivity contribution is -0.136. The second-order valence-electron chi connectivity index (χ2n) is 9.08. The van der Waals surface area contributed by atoms with E-state index in [1.54, 1.807) is 0 Å². The third kappa shape index (κ3) is 4.99. The first-order chi connectivity index (χ1) is 13.5. The predicted octanol–water partition coefficient (Wildman–Crippen LogP) is 4.16. The standard InChI is InChI=1S/C24H36O4/c1-2-6-19-18(9-5-10-23(27)28)20-13-14-22(26)21(24(19)20)12-11-17(25)15-16-7-3-4-8-16/h9,16-17,19-22,24-26H,2-8,10,13-15H2,1H3,(H,27,28)/t17?,19?,20-,21+,22-,24+/m0/s1. The van der Waals surface area contributed by atoms with Gasteiger partial charge in [0.1, 0.15) is 6.10 Å². The summed E-state index contributed by atoms with van der Waals surface area (Å²) in [6.45, 7) is 2.17. The van der Waals surface area contributed by atoms with Crippen LogP contribution in [0.1, 0.15) is 77.6 Å². The van der Waals surface area contributed by atoms with Gasteiger partial charge in [-0.25, -0.2) is 0 Å². The van der Waals surface area contributed by atoms with Gasteiger partial charge in [-0.05, 0) is 55.8 Å². The minimum absolute atomic E-state index is 0.0647. The topological polar surface area (TPSA) is 77.8 Å². The highest BCUT2D eigenvalue weighted by atomic mass is 16.4. The van der Waals surface area contributed by atoms with E-state index in [0.717, 1.165) is 32.1 Å². The van der Waals surface area contributed by atoms with E-state index in [9.17, 15) is 15.0 Å². The molecule has 0 bridgehead atoms. The van der Waals surface area contributed by atoms with Crippen LogP contribution in [-0.4, -0.2) is 33.5 Å². The van der Waals surface area contributed by atoms with Gasteiger partial charge < -0.3 is 15.3 Å². The smallest absolute Gasteiger partial charge is 0.303 e. The molecular weight excluding hydrogens is 352 g/mol. The van der Waals surface area contributed by atoms with Crippen LogP contribution in [0.25, 0.3) is 0 Å². The maximum atomic E-state index is 10.8. The molecule has 3 saturated carbocycles. The van der Waals surface area contributed by atoms with E-state index in [-0.39, 0.29) is 12.3 Å². The third-order valence-corrected chi connectivity index (χ3v) is 7.17. The Labute approximate surface area is 169 Å². The van der Waals surface area contributed by atoms with Crippen molar-refractivity contribution in [1.29, 1.82) is 0 Å². The van der Waals surface area contributed by atoms with Crippen LogP contribution in [0.15, 0.2) is 11.6 Å². The quantitative estimate of drug-likeness (QED) is 0.452. The number of aliphatic hydroxyl groups excluding tert-OH is 2. The Morgan fingerprint density at radius 3 is 2.68 bits per heavy atom. The van der Waals surface area contributed by atoms with Crippen molar-refractivity contribution < 1.29 is 20.1 Å². The Kier molecular flexibility index (Phi) is 7.60. The summed E-state index contributed by atoms with van der Waals surface area (Å²) in [5, 5.41) is 29.9. The van der Waals surface area contributed by atoms with Gasteiger partial charge in [0.2, 0.25) is 0 Å². The first-order valence-electron chi connectivity index (χ1n) is 11.3. The van der Waals surface area contributed by atoms with Gasteiger partial charge in [-0.3, -0.25) is 4.79 Å². The summed E-state index contributed by atoms with van der Waals surface area (Å²) in [4.78, 5) is 10.8. The third-order valence-electron chi connectivity index (χ3n) is 7.17. The maximum Gasteiger partial charge on any atom is 0.303 e. The largest absolute Gasteiger partial charge is 0.481 e. The van der Waals surface area contributed by atoms with Crippen molar-refractivity contribution in [3.8, 4) is 11.8 Å². The molecule has 3 N–H and O–H groups in total. The van der Waals surface area contributed by atoms with Crippen molar-refractivity contribution in [2.75, 3.05) is 0 Å². The van der Waals surface area contributed by atoms with Crippen LogP contribution in [0.4, 0.5) is 0 Å². The van der Waals surface area contributed by atoms with Gasteiger partial charge in [-0.15, -0.1) is 0 Å². The van der Waals surface area contributed by atoms with Crippen molar-refractivity contribution in [3.63, 3.8) is 0 Å². The lowest BCUT2D eigenvalue weighted by atomic mass is 9.50. The summed E-state index contributed by atoms with van der Waals surface area (Å²) in [6, 6.07) is 0. The van der Waals surface area contributed by atoms with E-state index in [2.05, 4.69) is 24.8 Å². The molecule has 0 aromatic carbocycles. The predicted molar refractivity (Wildman–Crippen MR) is 109 cm³/mol. The molecule has 3 rings (SSSR count). The number of allylic oxidation sites excluding steroid dienone is 2. The van der Waals surface area contributed by atoms with Gasteiger partial charge >= 0.3 is 5.97 Å². The highest BCUT2D eigenvalue weighted by Crippen LogP contribution is 2.57. The summed E-state index contributed by atoms with van der Waals surface area (Å²) in [5.74, 6) is 7.35. The molecule has 156 valence electrons. The van der Waals surface area contributed by atoms with Crippen LogP contribution < -0.4 is 0 Å². The molecule has 0 saturated heterocycles. The zero-order chi connectivity index (χ0) is 20.1. The first-order valence-corrected chi connectivity index (χ1v) is 11.3. The van der Waals surface area contributed by atoms with Gasteiger partial charge in [0, 0.05) is 6.42 Å².